The van der Waals surface area contributed by atoms with E-state index >= 15 is 0 Å². The first-order valence-electron chi connectivity index (χ1n) is 10.4. The second-order valence-corrected chi connectivity index (χ2v) is 10.4. The highest BCUT2D eigenvalue weighted by atomic mass is 32.1. The van der Waals surface area contributed by atoms with Crippen molar-refractivity contribution in [3.63, 3.8) is 0 Å². The van der Waals surface area contributed by atoms with Crippen molar-refractivity contribution >= 4 is 33.1 Å². The molecule has 0 aliphatic heterocycles. The number of nitrogens with one attached hydrogen (secondary N) is 1. The number of aromatic nitrogens is 3. The molecule has 1 amide bonds. The Morgan fingerprint density at radius 1 is 1.30 bits per heavy atom. The SMILES string of the molecule is Cc1cccc(NC(=O)Cn2nnc3sc4c(c3c2=O)CC[C@@H](C(C)(C)C)C4)c1C. The Bertz CT molecular complexity index is 1190. The van der Waals surface area contributed by atoms with Gasteiger partial charge in [-0.3, -0.25) is 9.59 Å². The molecule has 0 unspecified atom stereocenters. The molecule has 0 fully saturated rings. The number of amides is 1. The van der Waals surface area contributed by atoms with E-state index < -0.39 is 0 Å². The van der Waals surface area contributed by atoms with Crippen LogP contribution in [0.25, 0.3) is 10.2 Å². The minimum atomic E-state index is -0.281. The van der Waals surface area contributed by atoms with Gasteiger partial charge in [0.05, 0.1) is 5.39 Å². The molecule has 30 heavy (non-hydrogen) atoms. The lowest BCUT2D eigenvalue weighted by Gasteiger charge is -2.33. The number of anilines is 1. The van der Waals surface area contributed by atoms with Crippen LogP contribution in [0.5, 0.6) is 0 Å². The monoisotopic (exact) mass is 424 g/mol. The van der Waals surface area contributed by atoms with Gasteiger partial charge in [0.25, 0.3) is 5.56 Å². The lowest BCUT2D eigenvalue weighted by atomic mass is 9.72. The zero-order valence-electron chi connectivity index (χ0n) is 18.2. The zero-order valence-corrected chi connectivity index (χ0v) is 19.0. The van der Waals surface area contributed by atoms with Gasteiger partial charge in [-0.25, -0.2) is 4.68 Å². The minimum absolute atomic E-state index is 0.148. The summed E-state index contributed by atoms with van der Waals surface area (Å²) in [6, 6.07) is 5.76. The summed E-state index contributed by atoms with van der Waals surface area (Å²) in [5, 5.41) is 11.9. The fourth-order valence-electron chi connectivity index (χ4n) is 4.18. The molecule has 2 aromatic heterocycles. The van der Waals surface area contributed by atoms with Crippen LogP contribution >= 0.6 is 11.3 Å². The van der Waals surface area contributed by atoms with Gasteiger partial charge in [-0.05, 0) is 67.2 Å². The number of fused-ring (bicyclic) bond motifs is 3. The Balaban J connectivity index is 1.61. The number of rotatable bonds is 3. The number of thiophene rings is 1. The van der Waals surface area contributed by atoms with Crippen LogP contribution in [0, 0.1) is 25.2 Å². The average Bonchev–Trinajstić information content (AvgIpc) is 3.05. The quantitative estimate of drug-likeness (QED) is 0.682. The highest BCUT2D eigenvalue weighted by Gasteiger charge is 2.32. The maximum Gasteiger partial charge on any atom is 0.279 e. The fourth-order valence-corrected chi connectivity index (χ4v) is 5.42. The number of hydrogen-bond acceptors (Lipinski definition) is 5. The standard InChI is InChI=1S/C23H28N4O2S/c1-13-7-6-8-17(14(13)2)24-19(28)12-27-22(29)20-16-10-9-15(23(3,4)5)11-18(16)30-21(20)25-26-27/h6-8,15H,9-12H2,1-5H3,(H,24,28)/t15-/m1/s1. The molecule has 2 heterocycles. The summed E-state index contributed by atoms with van der Waals surface area (Å²) < 4.78 is 1.19. The Hall–Kier alpha value is -2.54. The molecule has 0 bridgehead atoms. The summed E-state index contributed by atoms with van der Waals surface area (Å²) in [5.74, 6) is 0.313. The Morgan fingerprint density at radius 2 is 2.07 bits per heavy atom. The third kappa shape index (κ3) is 3.78. The third-order valence-electron chi connectivity index (χ3n) is 6.34. The molecule has 158 valence electrons. The van der Waals surface area contributed by atoms with E-state index in [1.807, 2.05) is 32.0 Å². The van der Waals surface area contributed by atoms with Gasteiger partial charge in [0.15, 0.2) is 4.83 Å². The smallest absolute Gasteiger partial charge is 0.279 e. The molecule has 1 aliphatic carbocycles. The van der Waals surface area contributed by atoms with E-state index in [4.69, 9.17) is 0 Å². The van der Waals surface area contributed by atoms with E-state index in [1.54, 1.807) is 11.3 Å². The lowest BCUT2D eigenvalue weighted by Crippen LogP contribution is -2.31. The second kappa shape index (κ2) is 7.61. The van der Waals surface area contributed by atoms with Crippen molar-refractivity contribution in [3.8, 4) is 0 Å². The second-order valence-electron chi connectivity index (χ2n) is 9.34. The van der Waals surface area contributed by atoms with Gasteiger partial charge in [-0.1, -0.05) is 38.1 Å². The fraction of sp³-hybridized carbons (Fsp3) is 0.478. The number of carbonyl (C=O) groups is 1. The van der Waals surface area contributed by atoms with Gasteiger partial charge >= 0.3 is 0 Å². The molecular weight excluding hydrogens is 396 g/mol. The molecule has 0 saturated carbocycles. The summed E-state index contributed by atoms with van der Waals surface area (Å²) in [7, 11) is 0. The normalized spacial score (nSPS) is 16.5. The molecule has 1 aromatic carbocycles. The highest BCUT2D eigenvalue weighted by molar-refractivity contribution is 7.18. The molecule has 4 rings (SSSR count). The molecule has 0 spiro atoms. The largest absolute Gasteiger partial charge is 0.324 e. The van der Waals surface area contributed by atoms with Crippen LogP contribution in [0.1, 0.15) is 48.8 Å². The summed E-state index contributed by atoms with van der Waals surface area (Å²) >= 11 is 1.58. The van der Waals surface area contributed by atoms with Crippen LogP contribution in [-0.4, -0.2) is 20.9 Å². The first kappa shape index (κ1) is 20.7. The summed E-state index contributed by atoms with van der Waals surface area (Å²) in [6.45, 7) is 10.6. The van der Waals surface area contributed by atoms with E-state index in [-0.39, 0.29) is 23.4 Å². The summed E-state index contributed by atoms with van der Waals surface area (Å²) in [4.78, 5) is 27.7. The van der Waals surface area contributed by atoms with E-state index in [0.29, 0.717) is 16.1 Å². The van der Waals surface area contributed by atoms with Crippen molar-refractivity contribution in [2.75, 3.05) is 5.32 Å². The van der Waals surface area contributed by atoms with Crippen LogP contribution in [0.4, 0.5) is 5.69 Å². The van der Waals surface area contributed by atoms with Crippen molar-refractivity contribution in [3.05, 3.63) is 50.1 Å². The van der Waals surface area contributed by atoms with Gasteiger partial charge in [-0.2, -0.15) is 0 Å². The predicted molar refractivity (Wildman–Crippen MR) is 121 cm³/mol. The topological polar surface area (TPSA) is 76.9 Å². The molecule has 0 saturated heterocycles. The zero-order chi connectivity index (χ0) is 21.6. The molecule has 1 atom stereocenters. The van der Waals surface area contributed by atoms with Gasteiger partial charge in [0.2, 0.25) is 5.91 Å². The van der Waals surface area contributed by atoms with Crippen molar-refractivity contribution in [2.45, 2.75) is 60.4 Å². The third-order valence-corrected chi connectivity index (χ3v) is 7.47. The average molecular weight is 425 g/mol. The summed E-state index contributed by atoms with van der Waals surface area (Å²) in [6.07, 6.45) is 2.93. The van der Waals surface area contributed by atoms with Crippen LogP contribution in [0.3, 0.4) is 0 Å². The molecule has 0 radical (unpaired) electrons. The maximum atomic E-state index is 13.1. The number of nitrogens with zero attached hydrogens (tertiary/aromatic N) is 3. The molecule has 6 nitrogen and oxygen atoms in total. The molecule has 1 N–H and O–H groups in total. The number of benzene rings is 1. The minimum Gasteiger partial charge on any atom is -0.324 e. The predicted octanol–water partition coefficient (Wildman–Crippen LogP) is 4.26. The van der Waals surface area contributed by atoms with Gasteiger partial charge < -0.3 is 5.32 Å². The van der Waals surface area contributed by atoms with Gasteiger partial charge in [0.1, 0.15) is 6.54 Å². The Morgan fingerprint density at radius 3 is 2.80 bits per heavy atom. The van der Waals surface area contributed by atoms with E-state index in [2.05, 4.69) is 36.4 Å². The van der Waals surface area contributed by atoms with E-state index in [0.717, 1.165) is 41.6 Å². The van der Waals surface area contributed by atoms with Crippen LogP contribution < -0.4 is 10.9 Å². The van der Waals surface area contributed by atoms with Crippen molar-refractivity contribution in [1.82, 2.24) is 15.0 Å². The number of carbonyl (C=O) groups excluding carboxylic acids is 1. The maximum absolute atomic E-state index is 13.1. The summed E-state index contributed by atoms with van der Waals surface area (Å²) in [5.41, 5.74) is 4.00. The first-order chi connectivity index (χ1) is 14.1. The Kier molecular flexibility index (Phi) is 5.26. The molecule has 3 aromatic rings. The number of hydrogen-bond donors (Lipinski definition) is 1. The molecule has 1 aliphatic rings. The van der Waals surface area contributed by atoms with Crippen LogP contribution in [-0.2, 0) is 24.2 Å². The lowest BCUT2D eigenvalue weighted by molar-refractivity contribution is -0.117. The van der Waals surface area contributed by atoms with E-state index in [9.17, 15) is 9.59 Å². The van der Waals surface area contributed by atoms with E-state index in [1.165, 1.54) is 9.56 Å². The molecule has 7 heteroatoms. The number of aryl methyl sites for hydroxylation is 2. The van der Waals surface area contributed by atoms with Crippen LogP contribution in [0.15, 0.2) is 23.0 Å². The van der Waals surface area contributed by atoms with Gasteiger partial charge in [0, 0.05) is 10.6 Å². The molecular formula is C23H28N4O2S. The Labute approximate surface area is 180 Å². The highest BCUT2D eigenvalue weighted by Crippen LogP contribution is 2.41. The van der Waals surface area contributed by atoms with Crippen molar-refractivity contribution in [2.24, 2.45) is 11.3 Å². The van der Waals surface area contributed by atoms with Gasteiger partial charge in [-0.15, -0.1) is 16.4 Å². The van der Waals surface area contributed by atoms with Crippen molar-refractivity contribution in [1.29, 1.82) is 0 Å². The van der Waals surface area contributed by atoms with Crippen LogP contribution in [0.2, 0.25) is 0 Å². The van der Waals surface area contributed by atoms with Crippen molar-refractivity contribution < 1.29 is 4.79 Å². The first-order valence-corrected chi connectivity index (χ1v) is 11.2.